The van der Waals surface area contributed by atoms with Crippen molar-refractivity contribution in [2.45, 2.75) is 23.5 Å². The van der Waals surface area contributed by atoms with Gasteiger partial charge >= 0.3 is 5.76 Å². The number of aromatic nitrogens is 2. The van der Waals surface area contributed by atoms with E-state index in [9.17, 15) is 17.2 Å². The number of hydrogen-bond donors (Lipinski definition) is 2. The maximum atomic E-state index is 12.5. The number of H-pyrrole nitrogens is 1. The van der Waals surface area contributed by atoms with Gasteiger partial charge in [0, 0.05) is 18.7 Å². The third-order valence-electron chi connectivity index (χ3n) is 3.78. The van der Waals surface area contributed by atoms with Crippen LogP contribution in [-0.2, 0) is 16.3 Å². The molecule has 5 nitrogen and oxygen atoms in total. The van der Waals surface area contributed by atoms with Crippen molar-refractivity contribution in [3.8, 4) is 0 Å². The molecule has 0 unspecified atom stereocenters. The molecule has 0 aliphatic heterocycles. The molecule has 0 saturated heterocycles. The van der Waals surface area contributed by atoms with Crippen LogP contribution in [0.5, 0.6) is 0 Å². The first-order chi connectivity index (χ1) is 12.0. The van der Waals surface area contributed by atoms with Crippen molar-refractivity contribution in [1.82, 2.24) is 9.97 Å². The van der Waals surface area contributed by atoms with E-state index in [0.29, 0.717) is 12.2 Å². The normalized spacial score (nSPS) is 12.0. The van der Waals surface area contributed by atoms with E-state index >= 15 is 0 Å². The molecule has 0 radical (unpaired) electrons. The van der Waals surface area contributed by atoms with Gasteiger partial charge in [0.2, 0.25) is 9.84 Å². The molecule has 132 valence electrons. The topological polar surface area (TPSA) is 74.8 Å². The molecule has 0 amide bonds. The van der Waals surface area contributed by atoms with Gasteiger partial charge < -0.3 is 10.3 Å². The number of anilines is 1. The number of imidazole rings is 1. The summed E-state index contributed by atoms with van der Waals surface area (Å²) in [5, 5.41) is 3.13. The highest BCUT2D eigenvalue weighted by atomic mass is 32.2. The average molecular weight is 365 g/mol. The highest BCUT2D eigenvalue weighted by Crippen LogP contribution is 2.20. The van der Waals surface area contributed by atoms with Crippen LogP contribution in [0.15, 0.2) is 53.4 Å². The Hall–Kier alpha value is -2.48. The highest BCUT2D eigenvalue weighted by molar-refractivity contribution is 7.91. The molecule has 2 aromatic carbocycles. The lowest BCUT2D eigenvalue weighted by atomic mass is 10.2. The Morgan fingerprint density at radius 1 is 1.08 bits per heavy atom. The maximum absolute atomic E-state index is 12.5. The lowest BCUT2D eigenvalue weighted by molar-refractivity contribution is 0.234. The Kier molecular flexibility index (Phi) is 4.98. The lowest BCUT2D eigenvalue weighted by Crippen LogP contribution is -2.11. The Balaban J connectivity index is 1.52. The number of fused-ring (bicyclic) bond motifs is 1. The summed E-state index contributed by atoms with van der Waals surface area (Å²) in [7, 11) is -4.54. The maximum Gasteiger partial charge on any atom is 0.341 e. The van der Waals surface area contributed by atoms with Crippen molar-refractivity contribution in [2.24, 2.45) is 0 Å². The number of benzene rings is 2. The molecule has 0 spiro atoms. The van der Waals surface area contributed by atoms with E-state index in [1.54, 1.807) is 0 Å². The van der Waals surface area contributed by atoms with Crippen LogP contribution < -0.4 is 5.32 Å². The number of halogens is 2. The van der Waals surface area contributed by atoms with Crippen molar-refractivity contribution in [3.63, 3.8) is 0 Å². The van der Waals surface area contributed by atoms with Crippen molar-refractivity contribution in [2.75, 3.05) is 11.9 Å². The number of sulfone groups is 1. The van der Waals surface area contributed by atoms with Crippen LogP contribution in [0.4, 0.5) is 14.5 Å². The van der Waals surface area contributed by atoms with Gasteiger partial charge in [-0.15, -0.1) is 0 Å². The second kappa shape index (κ2) is 7.18. The molecule has 1 heterocycles. The molecule has 3 rings (SSSR count). The zero-order valence-corrected chi connectivity index (χ0v) is 14.1. The molecule has 25 heavy (non-hydrogen) atoms. The molecule has 2 N–H and O–H groups in total. The van der Waals surface area contributed by atoms with Gasteiger partial charge in [0.15, 0.2) is 0 Å². The summed E-state index contributed by atoms with van der Waals surface area (Å²) in [6.07, 6.45) is 1.58. The Morgan fingerprint density at radius 2 is 1.80 bits per heavy atom. The van der Waals surface area contributed by atoms with Gasteiger partial charge in [-0.2, -0.15) is 8.78 Å². The van der Waals surface area contributed by atoms with E-state index in [1.165, 1.54) is 24.3 Å². The standard InChI is InChI=1S/C17H17F2N3O2S/c18-17(19)25(23,24)13-9-7-12(8-10-13)20-11-3-6-16-21-14-4-1-2-5-15(14)22-16/h1-2,4-5,7-10,17,20H,3,6,11H2,(H,21,22). The van der Waals surface area contributed by atoms with Gasteiger partial charge in [0.05, 0.1) is 15.9 Å². The molecule has 3 aromatic rings. The van der Waals surface area contributed by atoms with Gasteiger partial charge in [-0.25, -0.2) is 13.4 Å². The van der Waals surface area contributed by atoms with Crippen LogP contribution in [0, 0.1) is 0 Å². The van der Waals surface area contributed by atoms with Crippen molar-refractivity contribution >= 4 is 26.6 Å². The van der Waals surface area contributed by atoms with Gasteiger partial charge in [-0.3, -0.25) is 0 Å². The number of para-hydroxylation sites is 2. The van der Waals surface area contributed by atoms with Gasteiger partial charge in [0.1, 0.15) is 5.82 Å². The molecular weight excluding hydrogens is 348 g/mol. The fraction of sp³-hybridized carbons (Fsp3) is 0.235. The third kappa shape index (κ3) is 3.96. The number of alkyl halides is 2. The summed E-state index contributed by atoms with van der Waals surface area (Å²) in [5.74, 6) is -2.50. The zero-order chi connectivity index (χ0) is 17.9. The number of nitrogens with one attached hydrogen (secondary N) is 2. The first-order valence-electron chi connectivity index (χ1n) is 7.76. The number of nitrogens with zero attached hydrogens (tertiary/aromatic N) is 1. The molecule has 0 bridgehead atoms. The molecule has 8 heteroatoms. The largest absolute Gasteiger partial charge is 0.385 e. The van der Waals surface area contributed by atoms with Gasteiger partial charge in [-0.05, 0) is 42.8 Å². The summed E-state index contributed by atoms with van der Waals surface area (Å²) in [5.41, 5.74) is 2.61. The predicted molar refractivity (Wildman–Crippen MR) is 92.5 cm³/mol. The van der Waals surface area contributed by atoms with E-state index in [2.05, 4.69) is 15.3 Å². The summed E-state index contributed by atoms with van der Waals surface area (Å²) >= 11 is 0. The van der Waals surface area contributed by atoms with Crippen molar-refractivity contribution in [3.05, 3.63) is 54.4 Å². The van der Waals surface area contributed by atoms with E-state index in [4.69, 9.17) is 0 Å². The minimum atomic E-state index is -4.54. The van der Waals surface area contributed by atoms with Crippen LogP contribution in [0.1, 0.15) is 12.2 Å². The molecule has 0 aliphatic carbocycles. The highest BCUT2D eigenvalue weighted by Gasteiger charge is 2.26. The molecule has 1 aromatic heterocycles. The number of aromatic amines is 1. The van der Waals surface area contributed by atoms with Crippen LogP contribution in [0.25, 0.3) is 11.0 Å². The minimum absolute atomic E-state index is 0.379. The van der Waals surface area contributed by atoms with Crippen LogP contribution in [0.3, 0.4) is 0 Å². The summed E-state index contributed by atoms with van der Waals surface area (Å²) in [6.45, 7) is 0.651. The van der Waals surface area contributed by atoms with Crippen LogP contribution in [-0.4, -0.2) is 30.7 Å². The van der Waals surface area contributed by atoms with Gasteiger partial charge in [-0.1, -0.05) is 12.1 Å². The predicted octanol–water partition coefficient (Wildman–Crippen LogP) is 3.60. The Morgan fingerprint density at radius 3 is 2.48 bits per heavy atom. The molecule has 0 atom stereocenters. The number of rotatable bonds is 7. The summed E-state index contributed by atoms with van der Waals surface area (Å²) in [6, 6.07) is 13.1. The molecule has 0 saturated carbocycles. The third-order valence-corrected chi connectivity index (χ3v) is 5.17. The van der Waals surface area contributed by atoms with E-state index in [0.717, 1.165) is 29.7 Å². The number of hydrogen-bond acceptors (Lipinski definition) is 4. The summed E-state index contributed by atoms with van der Waals surface area (Å²) < 4.78 is 47.7. The first kappa shape index (κ1) is 17.3. The first-order valence-corrected chi connectivity index (χ1v) is 9.31. The monoisotopic (exact) mass is 365 g/mol. The lowest BCUT2D eigenvalue weighted by Gasteiger charge is -2.07. The van der Waals surface area contributed by atoms with E-state index in [-0.39, 0.29) is 4.90 Å². The van der Waals surface area contributed by atoms with Crippen molar-refractivity contribution in [1.29, 1.82) is 0 Å². The molecular formula is C17H17F2N3O2S. The smallest absolute Gasteiger partial charge is 0.341 e. The minimum Gasteiger partial charge on any atom is -0.385 e. The second-order valence-corrected chi connectivity index (χ2v) is 7.48. The zero-order valence-electron chi connectivity index (χ0n) is 13.2. The SMILES string of the molecule is O=S(=O)(c1ccc(NCCCc2nc3ccccc3[nH]2)cc1)C(F)F. The van der Waals surface area contributed by atoms with Crippen LogP contribution in [0.2, 0.25) is 0 Å². The van der Waals surface area contributed by atoms with E-state index in [1.807, 2.05) is 24.3 Å². The Bertz CT molecular complexity index is 920. The Labute approximate surface area is 144 Å². The van der Waals surface area contributed by atoms with Crippen LogP contribution >= 0.6 is 0 Å². The quantitative estimate of drug-likeness (QED) is 0.627. The van der Waals surface area contributed by atoms with Crippen molar-refractivity contribution < 1.29 is 17.2 Å². The average Bonchev–Trinajstić information content (AvgIpc) is 3.02. The fourth-order valence-electron chi connectivity index (χ4n) is 2.48. The van der Waals surface area contributed by atoms with Gasteiger partial charge in [0.25, 0.3) is 0 Å². The number of aryl methyl sites for hydroxylation is 1. The van der Waals surface area contributed by atoms with E-state index < -0.39 is 15.6 Å². The summed E-state index contributed by atoms with van der Waals surface area (Å²) in [4.78, 5) is 7.36. The molecule has 0 aliphatic rings. The second-order valence-electron chi connectivity index (χ2n) is 5.56. The molecule has 0 fully saturated rings. The fourth-order valence-corrected chi connectivity index (χ4v) is 3.20.